The molecule has 3 N–H and O–H groups in total. The number of carbonyl (C=O) groups excluding carboxylic acids is 3. The van der Waals surface area contributed by atoms with E-state index in [9.17, 15) is 19.5 Å². The summed E-state index contributed by atoms with van der Waals surface area (Å²) in [6.07, 6.45) is 1.70. The fourth-order valence-corrected chi connectivity index (χ4v) is 7.48. The number of nitrogens with one attached hydrogen (secondary N) is 2. The number of likely N-dealkylation sites (tertiary alicyclic amines) is 1. The Bertz CT molecular complexity index is 1080. The molecule has 0 radical (unpaired) electrons. The zero-order chi connectivity index (χ0) is 28.5. The van der Waals surface area contributed by atoms with Crippen molar-refractivity contribution in [3.05, 3.63) is 35.9 Å². The summed E-state index contributed by atoms with van der Waals surface area (Å²) in [6.45, 7) is 10.0. The Labute approximate surface area is 236 Å². The Morgan fingerprint density at radius 3 is 2.48 bits per heavy atom. The van der Waals surface area contributed by atoms with Crippen molar-refractivity contribution in [2.45, 2.75) is 69.9 Å². The van der Waals surface area contributed by atoms with Gasteiger partial charge >= 0.3 is 0 Å². The molecule has 0 aliphatic carbocycles. The number of nitrogens with zero attached hydrogens (tertiary/aromatic N) is 2. The van der Waals surface area contributed by atoms with Crippen LogP contribution in [0.5, 0.6) is 0 Å². The SMILES string of the molecule is CC[C@@]12CCC3(O1)C(C(=O)NCCN1CCOCC1)N([C@@H](CO)C(C)C)C(=O)[C@@H]3[C@@H]2C(=O)NCc1ccccc1. The lowest BCUT2D eigenvalue weighted by molar-refractivity contribution is -0.152. The summed E-state index contributed by atoms with van der Waals surface area (Å²) in [4.78, 5) is 45.9. The third-order valence-corrected chi connectivity index (χ3v) is 9.60. The molecule has 2 bridgehead atoms. The second-order valence-electron chi connectivity index (χ2n) is 12.0. The molecule has 10 heteroatoms. The average molecular weight is 557 g/mol. The summed E-state index contributed by atoms with van der Waals surface area (Å²) in [5, 5.41) is 16.5. The highest BCUT2D eigenvalue weighted by atomic mass is 16.5. The molecule has 220 valence electrons. The smallest absolute Gasteiger partial charge is 0.245 e. The number of ether oxygens (including phenoxy) is 2. The first-order valence-corrected chi connectivity index (χ1v) is 14.8. The van der Waals surface area contributed by atoms with E-state index in [1.807, 2.05) is 51.1 Å². The van der Waals surface area contributed by atoms with Gasteiger partial charge in [-0.25, -0.2) is 0 Å². The topological polar surface area (TPSA) is 120 Å². The molecule has 5 rings (SSSR count). The highest BCUT2D eigenvalue weighted by molar-refractivity contribution is 5.99. The first-order valence-electron chi connectivity index (χ1n) is 14.8. The van der Waals surface area contributed by atoms with Gasteiger partial charge in [0.25, 0.3) is 0 Å². The van der Waals surface area contributed by atoms with E-state index in [1.165, 1.54) is 0 Å². The Kier molecular flexibility index (Phi) is 8.52. The van der Waals surface area contributed by atoms with Gasteiger partial charge in [-0.1, -0.05) is 51.1 Å². The lowest BCUT2D eigenvalue weighted by Crippen LogP contribution is -2.59. The van der Waals surface area contributed by atoms with Crippen molar-refractivity contribution in [2.24, 2.45) is 17.8 Å². The molecule has 1 spiro atoms. The standard InChI is InChI=1S/C30H44N4O6/c1-4-29-10-11-30(40-29)24(23(29)26(36)32-18-21-8-6-5-7-9-21)28(38)34(22(19-35)20(2)3)25(30)27(37)31-12-13-33-14-16-39-17-15-33/h5-9,20,22-25,35H,4,10-19H2,1-3H3,(H,31,37)(H,32,36)/t22-,23+,24-,25?,29-,30?/m0/s1. The number of hydrogen-bond acceptors (Lipinski definition) is 7. The largest absolute Gasteiger partial charge is 0.394 e. The summed E-state index contributed by atoms with van der Waals surface area (Å²) in [6, 6.07) is 8.20. The first kappa shape index (κ1) is 29.0. The molecule has 4 heterocycles. The number of hydrogen-bond donors (Lipinski definition) is 3. The molecule has 3 amide bonds. The van der Waals surface area contributed by atoms with E-state index in [0.717, 1.165) is 18.7 Å². The van der Waals surface area contributed by atoms with E-state index in [0.29, 0.717) is 52.1 Å². The van der Waals surface area contributed by atoms with Gasteiger partial charge < -0.3 is 30.1 Å². The maximum Gasteiger partial charge on any atom is 0.245 e. The lowest BCUT2D eigenvalue weighted by atomic mass is 9.65. The minimum atomic E-state index is -1.10. The van der Waals surface area contributed by atoms with Crippen LogP contribution in [0.4, 0.5) is 0 Å². The molecule has 4 aliphatic heterocycles. The molecule has 4 aliphatic rings. The second kappa shape index (κ2) is 11.8. The monoisotopic (exact) mass is 556 g/mol. The number of aliphatic hydroxyl groups excluding tert-OH is 1. The normalized spacial score (nSPS) is 32.4. The van der Waals surface area contributed by atoms with Crippen LogP contribution in [0.15, 0.2) is 30.3 Å². The molecule has 6 atom stereocenters. The van der Waals surface area contributed by atoms with Gasteiger partial charge in [-0.05, 0) is 30.7 Å². The molecule has 10 nitrogen and oxygen atoms in total. The number of benzene rings is 1. The Balaban J connectivity index is 1.42. The third kappa shape index (κ3) is 4.93. The molecule has 4 saturated heterocycles. The highest BCUT2D eigenvalue weighted by Crippen LogP contribution is 2.64. The molecule has 0 saturated carbocycles. The predicted octanol–water partition coefficient (Wildman–Crippen LogP) is 0.923. The van der Waals surface area contributed by atoms with Gasteiger partial charge in [-0.2, -0.15) is 0 Å². The van der Waals surface area contributed by atoms with Crippen molar-refractivity contribution in [2.75, 3.05) is 46.0 Å². The number of fused-ring (bicyclic) bond motifs is 1. The number of carbonyl (C=O) groups is 3. The van der Waals surface area contributed by atoms with E-state index in [-0.39, 0.29) is 30.2 Å². The molecule has 4 fully saturated rings. The Morgan fingerprint density at radius 2 is 1.82 bits per heavy atom. The maximum atomic E-state index is 14.3. The van der Waals surface area contributed by atoms with Gasteiger partial charge in [0.1, 0.15) is 11.6 Å². The third-order valence-electron chi connectivity index (χ3n) is 9.60. The summed E-state index contributed by atoms with van der Waals surface area (Å²) in [5.41, 5.74) is -0.934. The van der Waals surface area contributed by atoms with Crippen LogP contribution in [0.25, 0.3) is 0 Å². The minimum Gasteiger partial charge on any atom is -0.394 e. The lowest BCUT2D eigenvalue weighted by Gasteiger charge is -2.39. The van der Waals surface area contributed by atoms with Crippen molar-refractivity contribution >= 4 is 17.7 Å². The van der Waals surface area contributed by atoms with Gasteiger partial charge in [0.15, 0.2) is 0 Å². The Hall–Kier alpha value is -2.53. The zero-order valence-electron chi connectivity index (χ0n) is 23.9. The molecule has 0 aromatic heterocycles. The van der Waals surface area contributed by atoms with Crippen LogP contribution in [0, 0.1) is 17.8 Å². The number of amides is 3. The van der Waals surface area contributed by atoms with Gasteiger partial charge in [0, 0.05) is 32.7 Å². The Morgan fingerprint density at radius 1 is 1.10 bits per heavy atom. The predicted molar refractivity (Wildman–Crippen MR) is 148 cm³/mol. The first-order chi connectivity index (χ1) is 19.3. The van der Waals surface area contributed by atoms with Gasteiger partial charge in [-0.3, -0.25) is 19.3 Å². The molecular formula is C30H44N4O6. The quantitative estimate of drug-likeness (QED) is 0.371. The molecule has 40 heavy (non-hydrogen) atoms. The molecule has 1 aromatic rings. The van der Waals surface area contributed by atoms with E-state index in [2.05, 4.69) is 15.5 Å². The van der Waals surface area contributed by atoms with Crippen molar-refractivity contribution in [1.29, 1.82) is 0 Å². The number of aliphatic hydroxyl groups is 1. The number of rotatable bonds is 11. The van der Waals surface area contributed by atoms with E-state index in [1.54, 1.807) is 4.90 Å². The average Bonchev–Trinajstić information content (AvgIpc) is 3.57. The van der Waals surface area contributed by atoms with Gasteiger partial charge in [0.05, 0.1) is 43.3 Å². The van der Waals surface area contributed by atoms with E-state index < -0.39 is 35.1 Å². The van der Waals surface area contributed by atoms with Crippen molar-refractivity contribution < 1.29 is 29.0 Å². The van der Waals surface area contributed by atoms with E-state index >= 15 is 0 Å². The number of morpholine rings is 1. The summed E-state index contributed by atoms with van der Waals surface area (Å²) in [7, 11) is 0. The minimum absolute atomic E-state index is 0.0875. The molecular weight excluding hydrogens is 512 g/mol. The van der Waals surface area contributed by atoms with Crippen LogP contribution < -0.4 is 10.6 Å². The van der Waals surface area contributed by atoms with Gasteiger partial charge in [0.2, 0.25) is 17.7 Å². The van der Waals surface area contributed by atoms with E-state index in [4.69, 9.17) is 9.47 Å². The van der Waals surface area contributed by atoms with Crippen molar-refractivity contribution in [3.63, 3.8) is 0 Å². The highest BCUT2D eigenvalue weighted by Gasteiger charge is 2.79. The van der Waals surface area contributed by atoms with Crippen LogP contribution in [0.1, 0.15) is 45.6 Å². The van der Waals surface area contributed by atoms with Gasteiger partial charge in [-0.15, -0.1) is 0 Å². The van der Waals surface area contributed by atoms with Crippen LogP contribution in [0.2, 0.25) is 0 Å². The fraction of sp³-hybridized carbons (Fsp3) is 0.700. The van der Waals surface area contributed by atoms with Crippen LogP contribution in [-0.2, 0) is 30.4 Å². The summed E-state index contributed by atoms with van der Waals surface area (Å²) < 4.78 is 12.2. The summed E-state index contributed by atoms with van der Waals surface area (Å²) in [5.74, 6) is -2.33. The summed E-state index contributed by atoms with van der Waals surface area (Å²) >= 11 is 0. The fourth-order valence-electron chi connectivity index (χ4n) is 7.48. The molecule has 2 unspecified atom stereocenters. The molecule has 1 aromatic carbocycles. The van der Waals surface area contributed by atoms with Crippen LogP contribution in [0.3, 0.4) is 0 Å². The van der Waals surface area contributed by atoms with Crippen LogP contribution >= 0.6 is 0 Å². The second-order valence-corrected chi connectivity index (χ2v) is 12.0. The van der Waals surface area contributed by atoms with Crippen LogP contribution in [-0.4, -0.2) is 102 Å². The maximum absolute atomic E-state index is 14.3. The van der Waals surface area contributed by atoms with Crippen molar-refractivity contribution in [1.82, 2.24) is 20.4 Å². The zero-order valence-corrected chi connectivity index (χ0v) is 23.9. The van der Waals surface area contributed by atoms with Crippen molar-refractivity contribution in [3.8, 4) is 0 Å².